The zero-order valence-electron chi connectivity index (χ0n) is 20.8. The highest BCUT2D eigenvalue weighted by molar-refractivity contribution is 9.11. The van der Waals surface area contributed by atoms with Gasteiger partial charge in [-0.25, -0.2) is 0 Å². The third-order valence-electron chi connectivity index (χ3n) is 7.37. The Balaban J connectivity index is 1.42. The average molecular weight is 628 g/mol. The molecule has 0 bridgehead atoms. The van der Waals surface area contributed by atoms with Crippen LogP contribution >= 0.6 is 31.9 Å². The van der Waals surface area contributed by atoms with Crippen LogP contribution in [0.1, 0.15) is 61.1 Å². The molecule has 0 spiro atoms. The number of aryl methyl sites for hydroxylation is 1. The number of amides is 1. The SMILES string of the molecule is Cc1cccc(NC(=O)COc2c(Br)cc(C3C4=C(CCCC4=O)NC4=C3C(=O)CCC4)cc2Br)c1C. The lowest BCUT2D eigenvalue weighted by Crippen LogP contribution is -2.36. The minimum absolute atomic E-state index is 0.0966. The summed E-state index contributed by atoms with van der Waals surface area (Å²) in [5.74, 6) is 0.0158. The normalized spacial score (nSPS) is 17.8. The van der Waals surface area contributed by atoms with Crippen LogP contribution < -0.4 is 15.4 Å². The van der Waals surface area contributed by atoms with Crippen molar-refractivity contribution in [2.45, 2.75) is 58.3 Å². The molecular formula is C29H28Br2N2O4. The van der Waals surface area contributed by atoms with Crippen molar-refractivity contribution in [3.8, 4) is 5.75 Å². The Morgan fingerprint density at radius 2 is 1.57 bits per heavy atom. The van der Waals surface area contributed by atoms with Crippen molar-refractivity contribution in [2.75, 3.05) is 11.9 Å². The Hall–Kier alpha value is -2.71. The average Bonchev–Trinajstić information content (AvgIpc) is 2.85. The molecule has 0 unspecified atom stereocenters. The molecule has 3 aliphatic rings. The van der Waals surface area contributed by atoms with Gasteiger partial charge in [0.1, 0.15) is 5.75 Å². The van der Waals surface area contributed by atoms with Gasteiger partial charge in [0.25, 0.3) is 5.91 Å². The molecule has 0 aromatic heterocycles. The van der Waals surface area contributed by atoms with Gasteiger partial charge in [-0.05, 0) is 106 Å². The lowest BCUT2D eigenvalue weighted by atomic mass is 9.71. The van der Waals surface area contributed by atoms with Gasteiger partial charge in [-0.3, -0.25) is 14.4 Å². The van der Waals surface area contributed by atoms with Crippen LogP contribution in [0.2, 0.25) is 0 Å². The molecule has 2 aromatic rings. The van der Waals surface area contributed by atoms with Gasteiger partial charge in [-0.1, -0.05) is 12.1 Å². The number of carbonyl (C=O) groups is 3. The molecule has 0 atom stereocenters. The largest absolute Gasteiger partial charge is 0.481 e. The number of halogens is 2. The Labute approximate surface area is 233 Å². The molecule has 6 nitrogen and oxygen atoms in total. The molecule has 37 heavy (non-hydrogen) atoms. The highest BCUT2D eigenvalue weighted by atomic mass is 79.9. The summed E-state index contributed by atoms with van der Waals surface area (Å²) in [7, 11) is 0. The van der Waals surface area contributed by atoms with Crippen molar-refractivity contribution in [3.05, 3.63) is 78.5 Å². The number of carbonyl (C=O) groups excluding carboxylic acids is 3. The molecule has 2 aromatic carbocycles. The lowest BCUT2D eigenvalue weighted by molar-refractivity contribution is -0.118. The molecule has 1 amide bonds. The van der Waals surface area contributed by atoms with Crippen molar-refractivity contribution in [1.29, 1.82) is 0 Å². The Morgan fingerprint density at radius 3 is 2.16 bits per heavy atom. The Morgan fingerprint density at radius 1 is 0.973 bits per heavy atom. The first-order chi connectivity index (χ1) is 17.7. The summed E-state index contributed by atoms with van der Waals surface area (Å²) in [5.41, 5.74) is 7.04. The van der Waals surface area contributed by atoms with Gasteiger partial charge >= 0.3 is 0 Å². The molecule has 2 aliphatic carbocycles. The van der Waals surface area contributed by atoms with E-state index in [2.05, 4.69) is 42.5 Å². The van der Waals surface area contributed by atoms with Crippen molar-refractivity contribution < 1.29 is 19.1 Å². The minimum atomic E-state index is -0.402. The zero-order valence-corrected chi connectivity index (χ0v) is 24.0. The Bertz CT molecular complexity index is 1330. The molecule has 5 rings (SSSR count). The van der Waals surface area contributed by atoms with E-state index in [0.29, 0.717) is 38.7 Å². The molecule has 0 saturated carbocycles. The van der Waals surface area contributed by atoms with E-state index in [9.17, 15) is 14.4 Å². The quantitative estimate of drug-likeness (QED) is 0.393. The van der Waals surface area contributed by atoms with E-state index >= 15 is 0 Å². The maximum absolute atomic E-state index is 13.1. The summed E-state index contributed by atoms with van der Waals surface area (Å²) >= 11 is 7.21. The second-order valence-electron chi connectivity index (χ2n) is 9.79. The van der Waals surface area contributed by atoms with Gasteiger partial charge in [0, 0.05) is 47.0 Å². The number of benzene rings is 2. The van der Waals surface area contributed by atoms with Crippen molar-refractivity contribution in [2.24, 2.45) is 0 Å². The predicted molar refractivity (Wildman–Crippen MR) is 150 cm³/mol. The van der Waals surface area contributed by atoms with Gasteiger partial charge in [0.2, 0.25) is 0 Å². The van der Waals surface area contributed by atoms with Crippen LogP contribution in [-0.4, -0.2) is 24.1 Å². The van der Waals surface area contributed by atoms with Crippen LogP contribution in [0.5, 0.6) is 5.75 Å². The van der Waals surface area contributed by atoms with Crippen molar-refractivity contribution >= 4 is 55.0 Å². The number of dihydropyridines is 1. The van der Waals surface area contributed by atoms with Crippen LogP contribution in [0.3, 0.4) is 0 Å². The highest BCUT2D eigenvalue weighted by Crippen LogP contribution is 2.47. The summed E-state index contributed by atoms with van der Waals surface area (Å²) in [6.07, 6.45) is 4.24. The molecule has 0 saturated heterocycles. The summed E-state index contributed by atoms with van der Waals surface area (Å²) in [5, 5.41) is 6.35. The number of ether oxygens (including phenoxy) is 1. The maximum atomic E-state index is 13.1. The van der Waals surface area contributed by atoms with Gasteiger partial charge in [-0.15, -0.1) is 0 Å². The maximum Gasteiger partial charge on any atom is 0.262 e. The van der Waals surface area contributed by atoms with E-state index in [1.807, 2.05) is 44.2 Å². The number of anilines is 1. The predicted octanol–water partition coefficient (Wildman–Crippen LogP) is 6.55. The van der Waals surface area contributed by atoms with Crippen LogP contribution in [0.25, 0.3) is 0 Å². The fourth-order valence-electron chi connectivity index (χ4n) is 5.41. The summed E-state index contributed by atoms with van der Waals surface area (Å²) < 4.78 is 7.18. The number of nitrogens with one attached hydrogen (secondary N) is 2. The fourth-order valence-corrected chi connectivity index (χ4v) is 6.86. The van der Waals surface area contributed by atoms with Crippen molar-refractivity contribution in [3.63, 3.8) is 0 Å². The van der Waals surface area contributed by atoms with Crippen molar-refractivity contribution in [1.82, 2.24) is 5.32 Å². The van der Waals surface area contributed by atoms with Gasteiger partial charge in [-0.2, -0.15) is 0 Å². The zero-order chi connectivity index (χ0) is 26.3. The second-order valence-corrected chi connectivity index (χ2v) is 11.5. The van der Waals surface area contributed by atoms with E-state index in [0.717, 1.165) is 59.5 Å². The van der Waals surface area contributed by atoms with E-state index in [4.69, 9.17) is 4.74 Å². The summed E-state index contributed by atoms with van der Waals surface area (Å²) in [6.45, 7) is 3.80. The first-order valence-electron chi connectivity index (χ1n) is 12.5. The molecule has 1 heterocycles. The van der Waals surface area contributed by atoms with Gasteiger partial charge in [0.05, 0.1) is 8.95 Å². The standard InChI is InChI=1S/C29H28Br2N2O4/c1-15-6-3-7-20(16(15)2)33-25(36)14-37-29-18(30)12-17(13-19(29)31)26-27-21(8-4-10-23(27)34)32-22-9-5-11-24(35)28(22)26/h3,6-7,12-13,26,32H,4-5,8-11,14H2,1-2H3,(H,33,36). The first kappa shape index (κ1) is 25.9. The number of hydrogen-bond donors (Lipinski definition) is 2. The number of ketones is 2. The molecule has 2 N–H and O–H groups in total. The van der Waals surface area contributed by atoms with Crippen LogP contribution in [0, 0.1) is 13.8 Å². The monoisotopic (exact) mass is 626 g/mol. The summed E-state index contributed by atoms with van der Waals surface area (Å²) in [4.78, 5) is 38.8. The smallest absolute Gasteiger partial charge is 0.262 e. The molecule has 192 valence electrons. The van der Waals surface area contributed by atoms with E-state index < -0.39 is 5.92 Å². The Kier molecular flexibility index (Phi) is 7.41. The third kappa shape index (κ3) is 5.06. The lowest BCUT2D eigenvalue weighted by Gasteiger charge is -2.37. The minimum Gasteiger partial charge on any atom is -0.481 e. The van der Waals surface area contributed by atoms with E-state index in [1.165, 1.54) is 0 Å². The highest BCUT2D eigenvalue weighted by Gasteiger charge is 2.40. The van der Waals surface area contributed by atoms with E-state index in [1.54, 1.807) is 0 Å². The number of hydrogen-bond acceptors (Lipinski definition) is 5. The number of allylic oxidation sites excluding steroid dienone is 4. The second kappa shape index (κ2) is 10.6. The molecule has 8 heteroatoms. The molecule has 1 aliphatic heterocycles. The topological polar surface area (TPSA) is 84.5 Å². The van der Waals surface area contributed by atoms with E-state index in [-0.39, 0.29) is 24.1 Å². The molecule has 0 radical (unpaired) electrons. The third-order valence-corrected chi connectivity index (χ3v) is 8.55. The van der Waals surface area contributed by atoms with Gasteiger partial charge < -0.3 is 15.4 Å². The number of rotatable bonds is 5. The number of Topliss-reactive ketones (excluding diaryl/α,β-unsaturated/α-hetero) is 2. The fraction of sp³-hybridized carbons (Fsp3) is 0.345. The van der Waals surface area contributed by atoms with Gasteiger partial charge in [0.15, 0.2) is 18.2 Å². The first-order valence-corrected chi connectivity index (χ1v) is 14.1. The molecule has 0 fully saturated rings. The summed E-state index contributed by atoms with van der Waals surface area (Å²) in [6, 6.07) is 9.57. The van der Waals surface area contributed by atoms with Crippen LogP contribution in [0.4, 0.5) is 5.69 Å². The van der Waals surface area contributed by atoms with Crippen LogP contribution in [0.15, 0.2) is 61.8 Å². The molecular weight excluding hydrogens is 600 g/mol. The van der Waals surface area contributed by atoms with Crippen LogP contribution in [-0.2, 0) is 14.4 Å².